The highest BCUT2D eigenvalue weighted by molar-refractivity contribution is 7.89. The van der Waals surface area contributed by atoms with E-state index in [1.807, 2.05) is 0 Å². The molecule has 0 radical (unpaired) electrons. The predicted molar refractivity (Wildman–Crippen MR) is 83.7 cm³/mol. The third-order valence-electron chi connectivity index (χ3n) is 3.37. The van der Waals surface area contributed by atoms with Gasteiger partial charge in [0.15, 0.2) is 0 Å². The van der Waals surface area contributed by atoms with Crippen molar-refractivity contribution in [2.75, 3.05) is 26.3 Å². The summed E-state index contributed by atoms with van der Waals surface area (Å²) in [6, 6.07) is 1.61. The molecule has 5 nitrogen and oxygen atoms in total. The average Bonchev–Trinajstić information content (AvgIpc) is 2.44. The van der Waals surface area contributed by atoms with Gasteiger partial charge in [0.05, 0.1) is 18.2 Å². The van der Waals surface area contributed by atoms with Crippen molar-refractivity contribution < 1.29 is 13.2 Å². The van der Waals surface area contributed by atoms with Crippen LogP contribution in [-0.4, -0.2) is 40.8 Å². The van der Waals surface area contributed by atoms with Gasteiger partial charge in [-0.2, -0.15) is 0 Å². The van der Waals surface area contributed by atoms with Gasteiger partial charge in [0, 0.05) is 24.2 Å². The van der Waals surface area contributed by atoms with Gasteiger partial charge in [0.1, 0.15) is 4.90 Å². The number of nitrogens with one attached hydrogen (secondary N) is 2. The van der Waals surface area contributed by atoms with Gasteiger partial charge in [0.2, 0.25) is 10.0 Å². The topological polar surface area (TPSA) is 67.4 Å². The largest absolute Gasteiger partial charge is 0.378 e. The number of halogens is 2. The predicted octanol–water partition coefficient (Wildman–Crippen LogP) is 1.88. The fraction of sp³-hybridized carbons (Fsp3) is 0.538. The Balaban J connectivity index is 2.23. The molecular formula is C13H18Cl2N2O3S. The van der Waals surface area contributed by atoms with Crippen molar-refractivity contribution in [2.45, 2.75) is 24.8 Å². The summed E-state index contributed by atoms with van der Waals surface area (Å²) in [5.74, 6) is 0. The van der Waals surface area contributed by atoms with Crippen molar-refractivity contribution in [3.8, 4) is 0 Å². The minimum Gasteiger partial charge on any atom is -0.378 e. The quantitative estimate of drug-likeness (QED) is 0.867. The highest BCUT2D eigenvalue weighted by Crippen LogP contribution is 2.33. The van der Waals surface area contributed by atoms with Gasteiger partial charge >= 0.3 is 0 Å². The second-order valence-electron chi connectivity index (χ2n) is 5.02. The lowest BCUT2D eigenvalue weighted by Gasteiger charge is -2.24. The number of benzene rings is 1. The summed E-state index contributed by atoms with van der Waals surface area (Å²) in [5, 5.41) is 3.78. The van der Waals surface area contributed by atoms with E-state index in [1.54, 1.807) is 19.9 Å². The zero-order chi connectivity index (χ0) is 15.6. The molecule has 0 aliphatic carbocycles. The number of sulfonamides is 1. The molecule has 1 unspecified atom stereocenters. The van der Waals surface area contributed by atoms with E-state index >= 15 is 0 Å². The van der Waals surface area contributed by atoms with Crippen LogP contribution in [0.3, 0.4) is 0 Å². The maximum atomic E-state index is 12.5. The summed E-state index contributed by atoms with van der Waals surface area (Å²) in [7, 11) is -3.73. The van der Waals surface area contributed by atoms with Crippen LogP contribution in [0.25, 0.3) is 0 Å². The molecule has 2 N–H and O–H groups in total. The van der Waals surface area contributed by atoms with Crippen molar-refractivity contribution in [3.05, 3.63) is 27.2 Å². The standard InChI is InChI=1S/C13H18Cl2N2O3S/c1-8-5-11(14)9(2)13(12(8)15)21(18,19)17-6-10-7-20-4-3-16-10/h5,10,16-17H,3-4,6-7H2,1-2H3. The molecule has 1 aromatic rings. The van der Waals surface area contributed by atoms with Crippen LogP contribution >= 0.6 is 23.2 Å². The monoisotopic (exact) mass is 352 g/mol. The van der Waals surface area contributed by atoms with E-state index in [-0.39, 0.29) is 22.5 Å². The molecule has 1 fully saturated rings. The molecule has 0 bridgehead atoms. The third-order valence-corrected chi connectivity index (χ3v) is 5.96. The van der Waals surface area contributed by atoms with E-state index < -0.39 is 10.0 Å². The second kappa shape index (κ2) is 6.81. The Kier molecular flexibility index (Phi) is 5.51. The number of hydrogen-bond acceptors (Lipinski definition) is 4. The van der Waals surface area contributed by atoms with Crippen molar-refractivity contribution >= 4 is 33.2 Å². The third kappa shape index (κ3) is 3.88. The first-order valence-electron chi connectivity index (χ1n) is 6.59. The normalized spacial score (nSPS) is 19.7. The van der Waals surface area contributed by atoms with Crippen molar-refractivity contribution in [1.82, 2.24) is 10.0 Å². The molecule has 1 aliphatic rings. The van der Waals surface area contributed by atoms with E-state index in [0.717, 1.165) is 0 Å². The van der Waals surface area contributed by atoms with Crippen LogP contribution in [0.4, 0.5) is 0 Å². The molecule has 1 aliphatic heterocycles. The summed E-state index contributed by atoms with van der Waals surface area (Å²) in [6.07, 6.45) is 0. The lowest BCUT2D eigenvalue weighted by Crippen LogP contribution is -2.48. The number of morpholine rings is 1. The lowest BCUT2D eigenvalue weighted by atomic mass is 10.2. The van der Waals surface area contributed by atoms with Crippen molar-refractivity contribution in [2.24, 2.45) is 0 Å². The number of hydrogen-bond donors (Lipinski definition) is 2. The van der Waals surface area contributed by atoms with Crippen LogP contribution in [0, 0.1) is 13.8 Å². The van der Waals surface area contributed by atoms with Gasteiger partial charge in [-0.3, -0.25) is 0 Å². The van der Waals surface area contributed by atoms with Crippen LogP contribution < -0.4 is 10.0 Å². The van der Waals surface area contributed by atoms with Crippen molar-refractivity contribution in [3.63, 3.8) is 0 Å². The van der Waals surface area contributed by atoms with Gasteiger partial charge in [-0.15, -0.1) is 0 Å². The first kappa shape index (κ1) is 17.0. The Morgan fingerprint density at radius 1 is 1.43 bits per heavy atom. The zero-order valence-corrected chi connectivity index (χ0v) is 14.2. The van der Waals surface area contributed by atoms with Gasteiger partial charge in [-0.25, -0.2) is 13.1 Å². The molecule has 0 spiro atoms. The molecule has 8 heteroatoms. The Labute approximate surface area is 135 Å². The highest BCUT2D eigenvalue weighted by atomic mass is 35.5. The molecule has 21 heavy (non-hydrogen) atoms. The molecule has 1 aromatic carbocycles. The molecule has 0 amide bonds. The zero-order valence-electron chi connectivity index (χ0n) is 11.9. The minimum atomic E-state index is -3.73. The fourth-order valence-corrected chi connectivity index (χ4v) is 4.46. The molecule has 1 atom stereocenters. The number of ether oxygens (including phenoxy) is 1. The number of aryl methyl sites for hydroxylation is 1. The Morgan fingerprint density at radius 3 is 2.76 bits per heavy atom. The molecular weight excluding hydrogens is 335 g/mol. The van der Waals surface area contributed by atoms with Crippen LogP contribution in [0.2, 0.25) is 10.0 Å². The summed E-state index contributed by atoms with van der Waals surface area (Å²) < 4.78 is 32.9. The van der Waals surface area contributed by atoms with E-state index in [2.05, 4.69) is 10.0 Å². The SMILES string of the molecule is Cc1cc(Cl)c(C)c(S(=O)(=O)NCC2COCCN2)c1Cl. The average molecular weight is 353 g/mol. The van der Waals surface area contributed by atoms with Gasteiger partial charge in [-0.05, 0) is 31.0 Å². The van der Waals surface area contributed by atoms with Crippen LogP contribution in [0.15, 0.2) is 11.0 Å². The first-order chi connectivity index (χ1) is 9.83. The number of rotatable bonds is 4. The molecule has 0 aromatic heterocycles. The highest BCUT2D eigenvalue weighted by Gasteiger charge is 2.25. The summed E-state index contributed by atoms with van der Waals surface area (Å²) >= 11 is 12.2. The minimum absolute atomic E-state index is 0.0471. The lowest BCUT2D eigenvalue weighted by molar-refractivity contribution is 0.0784. The Hall–Kier alpha value is -0.370. The first-order valence-corrected chi connectivity index (χ1v) is 8.83. The molecule has 2 rings (SSSR count). The van der Waals surface area contributed by atoms with Crippen LogP contribution in [0.5, 0.6) is 0 Å². The van der Waals surface area contributed by atoms with Crippen LogP contribution in [-0.2, 0) is 14.8 Å². The Bertz CT molecular complexity index is 603. The van der Waals surface area contributed by atoms with E-state index in [0.29, 0.717) is 35.9 Å². The maximum Gasteiger partial charge on any atom is 0.242 e. The summed E-state index contributed by atoms with van der Waals surface area (Å²) in [5.41, 5.74) is 1.08. The molecule has 0 saturated carbocycles. The van der Waals surface area contributed by atoms with Gasteiger partial charge in [0.25, 0.3) is 0 Å². The smallest absolute Gasteiger partial charge is 0.242 e. The second-order valence-corrected chi connectivity index (χ2v) is 7.51. The van der Waals surface area contributed by atoms with Crippen LogP contribution in [0.1, 0.15) is 11.1 Å². The Morgan fingerprint density at radius 2 is 2.14 bits per heavy atom. The molecule has 118 valence electrons. The molecule has 1 heterocycles. The fourth-order valence-electron chi connectivity index (χ4n) is 2.17. The van der Waals surface area contributed by atoms with Crippen molar-refractivity contribution in [1.29, 1.82) is 0 Å². The molecule has 1 saturated heterocycles. The van der Waals surface area contributed by atoms with Gasteiger partial charge in [-0.1, -0.05) is 23.2 Å². The summed E-state index contributed by atoms with van der Waals surface area (Å²) in [6.45, 7) is 5.44. The van der Waals surface area contributed by atoms with E-state index in [4.69, 9.17) is 27.9 Å². The van der Waals surface area contributed by atoms with E-state index in [1.165, 1.54) is 0 Å². The van der Waals surface area contributed by atoms with E-state index in [9.17, 15) is 8.42 Å². The summed E-state index contributed by atoms with van der Waals surface area (Å²) in [4.78, 5) is 0.0471. The maximum absolute atomic E-state index is 12.5. The van der Waals surface area contributed by atoms with Gasteiger partial charge < -0.3 is 10.1 Å².